The predicted molar refractivity (Wildman–Crippen MR) is 107 cm³/mol. The molecule has 0 aliphatic carbocycles. The van der Waals surface area contributed by atoms with Crippen LogP contribution in [0.4, 0.5) is 4.39 Å². The van der Waals surface area contributed by atoms with E-state index in [2.05, 4.69) is 31.7 Å². The number of hydrogen-bond donors (Lipinski definition) is 2. The average molecular weight is 445 g/mol. The molecule has 0 fully saturated rings. The van der Waals surface area contributed by atoms with Crippen LogP contribution in [0, 0.1) is 5.82 Å². The molecular formula is C20H18BrFN4O2. The molecule has 0 aliphatic heterocycles. The maximum atomic E-state index is 13.8. The second-order valence-corrected chi connectivity index (χ2v) is 6.89. The smallest absolute Gasteiger partial charge is 0.271 e. The van der Waals surface area contributed by atoms with Crippen LogP contribution >= 0.6 is 15.9 Å². The summed E-state index contributed by atoms with van der Waals surface area (Å²) in [5, 5.41) is 9.64. The highest BCUT2D eigenvalue weighted by Crippen LogP contribution is 2.12. The van der Waals surface area contributed by atoms with Crippen molar-refractivity contribution in [1.82, 2.24) is 20.4 Å². The van der Waals surface area contributed by atoms with Gasteiger partial charge in [0.15, 0.2) is 5.69 Å². The number of benzene rings is 2. The molecule has 0 aliphatic rings. The number of para-hydroxylation sites is 1. The fraction of sp³-hybridized carbons (Fsp3) is 0.150. The third kappa shape index (κ3) is 5.04. The van der Waals surface area contributed by atoms with E-state index >= 15 is 0 Å². The molecule has 0 atom stereocenters. The van der Waals surface area contributed by atoms with E-state index in [1.54, 1.807) is 36.4 Å². The van der Waals surface area contributed by atoms with Gasteiger partial charge in [-0.05, 0) is 42.8 Å². The van der Waals surface area contributed by atoms with E-state index < -0.39 is 5.82 Å². The van der Waals surface area contributed by atoms with Crippen LogP contribution in [0.2, 0.25) is 0 Å². The lowest BCUT2D eigenvalue weighted by Crippen LogP contribution is -2.30. The minimum Gasteiger partial charge on any atom is -0.352 e. The van der Waals surface area contributed by atoms with E-state index in [-0.39, 0.29) is 23.2 Å². The first-order valence-electron chi connectivity index (χ1n) is 8.67. The Morgan fingerprint density at radius 2 is 1.75 bits per heavy atom. The number of amides is 2. The summed E-state index contributed by atoms with van der Waals surface area (Å²) in [5.41, 5.74) is 1.04. The van der Waals surface area contributed by atoms with Gasteiger partial charge in [-0.3, -0.25) is 9.59 Å². The second kappa shape index (κ2) is 9.27. The van der Waals surface area contributed by atoms with E-state index in [1.807, 2.05) is 6.07 Å². The van der Waals surface area contributed by atoms with Gasteiger partial charge in [0, 0.05) is 29.3 Å². The van der Waals surface area contributed by atoms with Gasteiger partial charge in [-0.25, -0.2) is 9.07 Å². The number of halogens is 2. The third-order valence-electron chi connectivity index (χ3n) is 3.93. The van der Waals surface area contributed by atoms with Crippen LogP contribution in [0.1, 0.15) is 27.3 Å². The minimum atomic E-state index is -0.418. The van der Waals surface area contributed by atoms with Gasteiger partial charge in [-0.15, -0.1) is 0 Å². The van der Waals surface area contributed by atoms with Crippen molar-refractivity contribution in [3.8, 4) is 5.69 Å². The Morgan fingerprint density at radius 1 is 1.00 bits per heavy atom. The SMILES string of the molecule is O=C(NCCCNC(=O)c1ccn(-c2ccccc2F)n1)c1cccc(Br)c1. The molecule has 2 amide bonds. The van der Waals surface area contributed by atoms with Crippen molar-refractivity contribution in [1.29, 1.82) is 0 Å². The highest BCUT2D eigenvalue weighted by molar-refractivity contribution is 9.10. The summed E-state index contributed by atoms with van der Waals surface area (Å²) in [7, 11) is 0. The summed E-state index contributed by atoms with van der Waals surface area (Å²) < 4.78 is 15.9. The van der Waals surface area contributed by atoms with Crippen molar-refractivity contribution >= 4 is 27.7 Å². The molecular weight excluding hydrogens is 427 g/mol. The molecule has 0 radical (unpaired) electrons. The zero-order valence-electron chi connectivity index (χ0n) is 14.9. The van der Waals surface area contributed by atoms with Gasteiger partial charge in [-0.2, -0.15) is 5.10 Å². The summed E-state index contributed by atoms with van der Waals surface area (Å²) in [4.78, 5) is 24.2. The molecule has 2 aromatic carbocycles. The number of carbonyl (C=O) groups is 2. The Kier molecular flexibility index (Phi) is 6.54. The zero-order valence-corrected chi connectivity index (χ0v) is 16.4. The molecule has 144 valence electrons. The molecule has 0 spiro atoms. The lowest BCUT2D eigenvalue weighted by Gasteiger charge is -2.06. The maximum absolute atomic E-state index is 13.8. The summed E-state index contributed by atoms with van der Waals surface area (Å²) in [5.74, 6) is -0.941. The summed E-state index contributed by atoms with van der Waals surface area (Å²) in [6, 6.07) is 14.8. The van der Waals surface area contributed by atoms with Crippen LogP contribution in [0.25, 0.3) is 5.69 Å². The number of carbonyl (C=O) groups excluding carboxylic acids is 2. The number of nitrogens with one attached hydrogen (secondary N) is 2. The van der Waals surface area contributed by atoms with Crippen molar-refractivity contribution in [2.75, 3.05) is 13.1 Å². The standard InChI is InChI=1S/C20H18BrFN4O2/c21-15-6-3-5-14(13-15)19(27)23-10-4-11-24-20(28)17-9-12-26(25-17)18-8-2-1-7-16(18)22/h1-3,5-9,12-13H,4,10-11H2,(H,23,27)(H,24,28). The number of aromatic nitrogens is 2. The normalized spacial score (nSPS) is 10.5. The van der Waals surface area contributed by atoms with Crippen LogP contribution in [0.5, 0.6) is 0 Å². The van der Waals surface area contributed by atoms with Crippen LogP contribution in [0.15, 0.2) is 65.3 Å². The van der Waals surface area contributed by atoms with Crippen LogP contribution in [-0.2, 0) is 0 Å². The molecule has 3 rings (SSSR count). The Balaban J connectivity index is 1.44. The maximum Gasteiger partial charge on any atom is 0.271 e. The predicted octanol–water partition coefficient (Wildman–Crippen LogP) is 3.32. The lowest BCUT2D eigenvalue weighted by atomic mass is 10.2. The first-order chi connectivity index (χ1) is 13.5. The molecule has 8 heteroatoms. The van der Waals surface area contributed by atoms with Crippen LogP contribution < -0.4 is 10.6 Å². The summed E-state index contributed by atoms with van der Waals surface area (Å²) >= 11 is 3.33. The summed E-state index contributed by atoms with van der Waals surface area (Å²) in [6.07, 6.45) is 2.10. The van der Waals surface area contributed by atoms with Gasteiger partial charge in [-0.1, -0.05) is 34.1 Å². The summed E-state index contributed by atoms with van der Waals surface area (Å²) in [6.45, 7) is 0.805. The van der Waals surface area contributed by atoms with Crippen molar-refractivity contribution < 1.29 is 14.0 Å². The first kappa shape index (κ1) is 19.8. The number of hydrogen-bond acceptors (Lipinski definition) is 3. The van der Waals surface area contributed by atoms with Gasteiger partial charge >= 0.3 is 0 Å². The van der Waals surface area contributed by atoms with Gasteiger partial charge in [0.1, 0.15) is 11.5 Å². The fourth-order valence-electron chi connectivity index (χ4n) is 2.53. The van der Waals surface area contributed by atoms with Crippen molar-refractivity contribution in [3.05, 3.63) is 82.3 Å². The Bertz CT molecular complexity index is 990. The average Bonchev–Trinajstić information content (AvgIpc) is 3.18. The molecule has 0 bridgehead atoms. The molecule has 0 saturated heterocycles. The highest BCUT2D eigenvalue weighted by Gasteiger charge is 2.11. The highest BCUT2D eigenvalue weighted by atomic mass is 79.9. The van der Waals surface area contributed by atoms with Crippen molar-refractivity contribution in [2.24, 2.45) is 0 Å². The van der Waals surface area contributed by atoms with Gasteiger partial charge < -0.3 is 10.6 Å². The van der Waals surface area contributed by atoms with Crippen LogP contribution in [-0.4, -0.2) is 34.7 Å². The number of nitrogens with zero attached hydrogens (tertiary/aromatic N) is 2. The Labute approximate surface area is 169 Å². The molecule has 1 aromatic heterocycles. The largest absolute Gasteiger partial charge is 0.352 e. The molecule has 0 unspecified atom stereocenters. The molecule has 2 N–H and O–H groups in total. The van der Waals surface area contributed by atoms with Crippen molar-refractivity contribution in [2.45, 2.75) is 6.42 Å². The first-order valence-corrected chi connectivity index (χ1v) is 9.46. The molecule has 6 nitrogen and oxygen atoms in total. The molecule has 1 heterocycles. The van der Waals surface area contributed by atoms with Gasteiger partial charge in [0.2, 0.25) is 0 Å². The number of rotatable bonds is 7. The Morgan fingerprint density at radius 3 is 2.50 bits per heavy atom. The Hall–Kier alpha value is -3.00. The van der Waals surface area contributed by atoms with E-state index in [0.29, 0.717) is 25.1 Å². The molecule has 28 heavy (non-hydrogen) atoms. The fourth-order valence-corrected chi connectivity index (χ4v) is 2.93. The zero-order chi connectivity index (χ0) is 19.9. The topological polar surface area (TPSA) is 76.0 Å². The van der Waals surface area contributed by atoms with Crippen molar-refractivity contribution in [3.63, 3.8) is 0 Å². The van der Waals surface area contributed by atoms with Crippen LogP contribution in [0.3, 0.4) is 0 Å². The van der Waals surface area contributed by atoms with Gasteiger partial charge in [0.25, 0.3) is 11.8 Å². The third-order valence-corrected chi connectivity index (χ3v) is 4.43. The minimum absolute atomic E-state index is 0.170. The molecule has 3 aromatic rings. The monoisotopic (exact) mass is 444 g/mol. The lowest BCUT2D eigenvalue weighted by molar-refractivity contribution is 0.0947. The molecule has 0 saturated carbocycles. The van der Waals surface area contributed by atoms with E-state index in [9.17, 15) is 14.0 Å². The quantitative estimate of drug-likeness (QED) is 0.548. The van der Waals surface area contributed by atoms with E-state index in [1.165, 1.54) is 23.0 Å². The second-order valence-electron chi connectivity index (χ2n) is 5.97. The van der Waals surface area contributed by atoms with E-state index in [4.69, 9.17) is 0 Å². The van der Waals surface area contributed by atoms with Gasteiger partial charge in [0.05, 0.1) is 0 Å². The van der Waals surface area contributed by atoms with E-state index in [0.717, 1.165) is 4.47 Å².